The van der Waals surface area contributed by atoms with Crippen LogP contribution in [0.25, 0.3) is 0 Å². The van der Waals surface area contributed by atoms with Crippen LogP contribution in [0, 0.1) is 6.92 Å². The van der Waals surface area contributed by atoms with Crippen molar-refractivity contribution in [1.82, 2.24) is 9.73 Å². The second-order valence-corrected chi connectivity index (χ2v) is 9.62. The van der Waals surface area contributed by atoms with E-state index < -0.39 is 10.0 Å². The summed E-state index contributed by atoms with van der Waals surface area (Å²) >= 11 is 5.89. The van der Waals surface area contributed by atoms with E-state index in [-0.39, 0.29) is 16.8 Å². The zero-order valence-electron chi connectivity index (χ0n) is 17.7. The summed E-state index contributed by atoms with van der Waals surface area (Å²) in [5.74, 6) is 0.124. The Bertz CT molecular complexity index is 1260. The Balaban J connectivity index is 1.67. The number of aryl methyl sites for hydroxylation is 1. The van der Waals surface area contributed by atoms with Gasteiger partial charge in [-0.15, -0.1) is 0 Å². The molecule has 1 aliphatic heterocycles. The number of guanidine groups is 1. The summed E-state index contributed by atoms with van der Waals surface area (Å²) in [4.78, 5) is 4.29. The fourth-order valence-corrected chi connectivity index (χ4v) is 4.75. The fraction of sp³-hybridized carbons (Fsp3) is 0.167. The normalized spacial score (nSPS) is 16.7. The van der Waals surface area contributed by atoms with Gasteiger partial charge in [0.05, 0.1) is 17.2 Å². The second-order valence-electron chi connectivity index (χ2n) is 7.50. The maximum atomic E-state index is 12.9. The molecule has 1 heterocycles. The number of halogens is 1. The molecular formula is C24H23ClN4O2S. The minimum Gasteiger partial charge on any atom is -0.254 e. The van der Waals surface area contributed by atoms with E-state index >= 15 is 0 Å². The standard InChI is InChI=1S/C24H23ClN4O2S/c1-17-8-10-19(11-9-17)23-22(18-6-4-3-5-7-18)16-29(27-23)24(26-2)28-32(30,31)21-14-12-20(25)13-15-21/h3-15,22H,16H2,1-2H3,(H,26,28). The van der Waals surface area contributed by atoms with Crippen LogP contribution >= 0.6 is 11.6 Å². The number of benzene rings is 3. The zero-order chi connectivity index (χ0) is 22.7. The van der Waals surface area contributed by atoms with Crippen molar-refractivity contribution in [2.45, 2.75) is 17.7 Å². The number of aliphatic imine (C=N–C) groups is 1. The highest BCUT2D eigenvalue weighted by Gasteiger charge is 2.32. The molecule has 0 aromatic heterocycles. The minimum atomic E-state index is -3.85. The Morgan fingerprint density at radius 2 is 1.69 bits per heavy atom. The molecule has 0 saturated heterocycles. The summed E-state index contributed by atoms with van der Waals surface area (Å²) in [6.07, 6.45) is 0. The van der Waals surface area contributed by atoms with E-state index in [1.807, 2.05) is 49.4 Å². The highest BCUT2D eigenvalue weighted by molar-refractivity contribution is 7.90. The van der Waals surface area contributed by atoms with Gasteiger partial charge in [-0.05, 0) is 42.3 Å². The maximum Gasteiger partial charge on any atom is 0.264 e. The van der Waals surface area contributed by atoms with E-state index in [2.05, 4.69) is 21.8 Å². The van der Waals surface area contributed by atoms with E-state index in [0.29, 0.717) is 11.6 Å². The molecule has 0 aliphatic carbocycles. The summed E-state index contributed by atoms with van der Waals surface area (Å²) in [5, 5.41) is 6.86. The molecule has 4 rings (SSSR count). The molecule has 1 aliphatic rings. The fourth-order valence-electron chi connectivity index (χ4n) is 3.57. The van der Waals surface area contributed by atoms with Crippen LogP contribution in [0.1, 0.15) is 22.6 Å². The Morgan fingerprint density at radius 3 is 2.31 bits per heavy atom. The second kappa shape index (κ2) is 9.14. The predicted molar refractivity (Wildman–Crippen MR) is 129 cm³/mol. The van der Waals surface area contributed by atoms with Crippen molar-refractivity contribution >= 4 is 33.3 Å². The van der Waals surface area contributed by atoms with Gasteiger partial charge in [-0.1, -0.05) is 71.8 Å². The molecule has 1 unspecified atom stereocenters. The van der Waals surface area contributed by atoms with E-state index in [1.54, 1.807) is 5.01 Å². The Hall–Kier alpha value is -3.16. The van der Waals surface area contributed by atoms with Crippen LogP contribution in [-0.4, -0.2) is 38.7 Å². The van der Waals surface area contributed by atoms with E-state index in [0.717, 1.165) is 22.4 Å². The zero-order valence-corrected chi connectivity index (χ0v) is 19.3. The molecule has 164 valence electrons. The van der Waals surface area contributed by atoms with Gasteiger partial charge in [0.15, 0.2) is 0 Å². The molecule has 0 bridgehead atoms. The molecule has 0 fully saturated rings. The van der Waals surface area contributed by atoms with E-state index in [1.165, 1.54) is 31.3 Å². The van der Waals surface area contributed by atoms with Crippen LogP contribution in [0.4, 0.5) is 0 Å². The highest BCUT2D eigenvalue weighted by Crippen LogP contribution is 2.29. The van der Waals surface area contributed by atoms with Crippen molar-refractivity contribution < 1.29 is 8.42 Å². The average molecular weight is 467 g/mol. The molecule has 6 nitrogen and oxygen atoms in total. The molecule has 0 spiro atoms. The van der Waals surface area contributed by atoms with Crippen molar-refractivity contribution in [3.05, 3.63) is 101 Å². The largest absolute Gasteiger partial charge is 0.264 e. The molecule has 8 heteroatoms. The molecule has 0 amide bonds. The van der Waals surface area contributed by atoms with E-state index in [4.69, 9.17) is 16.7 Å². The Kier molecular flexibility index (Phi) is 6.30. The smallest absolute Gasteiger partial charge is 0.254 e. The lowest BCUT2D eigenvalue weighted by Crippen LogP contribution is -2.41. The molecule has 3 aromatic rings. The first-order valence-electron chi connectivity index (χ1n) is 10.1. The van der Waals surface area contributed by atoms with Gasteiger partial charge in [0.1, 0.15) is 0 Å². The number of hydrazone groups is 1. The van der Waals surface area contributed by atoms with Gasteiger partial charge < -0.3 is 0 Å². The number of hydrogen-bond acceptors (Lipinski definition) is 4. The third-order valence-corrected chi connectivity index (χ3v) is 6.87. The van der Waals surface area contributed by atoms with Crippen molar-refractivity contribution in [3.63, 3.8) is 0 Å². The minimum absolute atomic E-state index is 0.0318. The van der Waals surface area contributed by atoms with Crippen LogP contribution in [0.3, 0.4) is 0 Å². The number of nitrogens with one attached hydrogen (secondary N) is 1. The van der Waals surface area contributed by atoms with E-state index in [9.17, 15) is 8.42 Å². The SMILES string of the molecule is CN=C(NS(=O)(=O)c1ccc(Cl)cc1)N1CC(c2ccccc2)C(c2ccc(C)cc2)=N1. The van der Waals surface area contributed by atoms with Gasteiger partial charge in [0.2, 0.25) is 5.96 Å². The molecule has 1 N–H and O–H groups in total. The summed E-state index contributed by atoms with van der Waals surface area (Å²) < 4.78 is 28.4. The molecule has 32 heavy (non-hydrogen) atoms. The third-order valence-electron chi connectivity index (χ3n) is 5.27. The van der Waals surface area contributed by atoms with Crippen molar-refractivity contribution in [2.75, 3.05) is 13.6 Å². The van der Waals surface area contributed by atoms with Crippen LogP contribution in [0.5, 0.6) is 0 Å². The van der Waals surface area contributed by atoms with Gasteiger partial charge in [-0.2, -0.15) is 5.10 Å². The number of sulfonamides is 1. The van der Waals surface area contributed by atoms with Crippen LogP contribution in [-0.2, 0) is 10.0 Å². The van der Waals surface area contributed by atoms with Gasteiger partial charge in [0, 0.05) is 18.0 Å². The number of hydrogen-bond donors (Lipinski definition) is 1. The van der Waals surface area contributed by atoms with Crippen LogP contribution in [0.2, 0.25) is 5.02 Å². The Morgan fingerprint density at radius 1 is 1.03 bits per heavy atom. The first-order chi connectivity index (χ1) is 15.4. The first-order valence-corrected chi connectivity index (χ1v) is 12.0. The lowest BCUT2D eigenvalue weighted by atomic mass is 9.90. The molecule has 0 saturated carbocycles. The third kappa shape index (κ3) is 4.69. The van der Waals surface area contributed by atoms with Gasteiger partial charge in [-0.3, -0.25) is 4.99 Å². The summed E-state index contributed by atoms with van der Waals surface area (Å²) in [6, 6.07) is 24.2. The molecule has 3 aromatic carbocycles. The molecule has 1 atom stereocenters. The van der Waals surface area contributed by atoms with Crippen LogP contribution in [0.15, 0.2) is 93.9 Å². The van der Waals surface area contributed by atoms with Crippen molar-refractivity contribution in [3.8, 4) is 0 Å². The summed E-state index contributed by atoms with van der Waals surface area (Å²) in [5.41, 5.74) is 4.11. The quantitative estimate of drug-likeness (QED) is 0.457. The average Bonchev–Trinajstić information content (AvgIpc) is 3.24. The predicted octanol–water partition coefficient (Wildman–Crippen LogP) is 4.42. The lowest BCUT2D eigenvalue weighted by molar-refractivity contribution is 0.462. The topological polar surface area (TPSA) is 74.1 Å². The molecule has 0 radical (unpaired) electrons. The van der Waals surface area contributed by atoms with Crippen molar-refractivity contribution in [1.29, 1.82) is 0 Å². The van der Waals surface area contributed by atoms with Gasteiger partial charge in [-0.25, -0.2) is 18.1 Å². The lowest BCUT2D eigenvalue weighted by Gasteiger charge is -2.19. The van der Waals surface area contributed by atoms with Gasteiger partial charge >= 0.3 is 0 Å². The monoisotopic (exact) mass is 466 g/mol. The highest BCUT2D eigenvalue weighted by atomic mass is 35.5. The number of nitrogens with zero attached hydrogens (tertiary/aromatic N) is 3. The van der Waals surface area contributed by atoms with Gasteiger partial charge in [0.25, 0.3) is 10.0 Å². The molecular weight excluding hydrogens is 444 g/mol. The first kappa shape index (κ1) is 22.0. The maximum absolute atomic E-state index is 12.9. The van der Waals surface area contributed by atoms with Crippen LogP contribution < -0.4 is 4.72 Å². The number of rotatable bonds is 4. The Labute approximate surface area is 193 Å². The summed E-state index contributed by atoms with van der Waals surface area (Å²) in [7, 11) is -2.31. The van der Waals surface area contributed by atoms with Crippen molar-refractivity contribution in [2.24, 2.45) is 10.1 Å². The summed E-state index contributed by atoms with van der Waals surface area (Å²) in [6.45, 7) is 2.50.